The number of aliphatic hydroxyl groups is 1. The number of rotatable bonds is 6. The van der Waals surface area contributed by atoms with Gasteiger partial charge in [-0.15, -0.1) is 0 Å². The van der Waals surface area contributed by atoms with E-state index in [1.54, 1.807) is 32.0 Å². The molecule has 1 fully saturated rings. The van der Waals surface area contributed by atoms with Crippen molar-refractivity contribution in [1.82, 2.24) is 4.98 Å². The lowest BCUT2D eigenvalue weighted by molar-refractivity contribution is -0.384. The molecule has 0 spiro atoms. The van der Waals surface area contributed by atoms with Gasteiger partial charge in [0.2, 0.25) is 0 Å². The molecule has 1 unspecified atom stereocenters. The number of anilines is 1. The van der Waals surface area contributed by atoms with E-state index in [0.29, 0.717) is 22.6 Å². The second kappa shape index (κ2) is 12.4. The van der Waals surface area contributed by atoms with Crippen molar-refractivity contribution in [2.75, 3.05) is 19.1 Å². The number of aliphatic hydroxyl groups excluding tert-OH is 1. The number of aromatic nitrogens is 1. The summed E-state index contributed by atoms with van der Waals surface area (Å²) in [7, 11) is 2.71. The number of aryl methyl sites for hydroxylation is 2. The summed E-state index contributed by atoms with van der Waals surface area (Å²) in [6, 6.07) is 8.88. The van der Waals surface area contributed by atoms with Crippen molar-refractivity contribution in [3.63, 3.8) is 0 Å². The predicted molar refractivity (Wildman–Crippen MR) is 147 cm³/mol. The highest BCUT2D eigenvalue weighted by Crippen LogP contribution is 2.44. The highest BCUT2D eigenvalue weighted by molar-refractivity contribution is 7.17. The van der Waals surface area contributed by atoms with Crippen molar-refractivity contribution in [2.45, 2.75) is 26.8 Å². The Bertz CT molecular complexity index is 1570. The zero-order valence-corrected chi connectivity index (χ0v) is 23.3. The van der Waals surface area contributed by atoms with Gasteiger partial charge in [-0.3, -0.25) is 29.4 Å². The first kappa shape index (κ1) is 30.4. The van der Waals surface area contributed by atoms with E-state index in [0.717, 1.165) is 23.2 Å². The van der Waals surface area contributed by atoms with Crippen LogP contribution in [0.2, 0.25) is 0 Å². The summed E-state index contributed by atoms with van der Waals surface area (Å²) in [6.45, 7) is 4.40. The summed E-state index contributed by atoms with van der Waals surface area (Å²) in [4.78, 5) is 63.9. The van der Waals surface area contributed by atoms with E-state index in [2.05, 4.69) is 4.98 Å². The lowest BCUT2D eigenvalue weighted by atomic mass is 9.94. The molecule has 1 aromatic heterocycles. The number of hydrogen-bond acceptors (Lipinski definition) is 11. The van der Waals surface area contributed by atoms with E-state index in [-0.39, 0.29) is 26.8 Å². The second-order valence-electron chi connectivity index (χ2n) is 8.62. The van der Waals surface area contributed by atoms with Crippen LogP contribution in [-0.2, 0) is 19.1 Å². The summed E-state index contributed by atoms with van der Waals surface area (Å²) in [5.74, 6) is -3.30. The van der Waals surface area contributed by atoms with Gasteiger partial charge in [-0.1, -0.05) is 11.3 Å². The molecule has 214 valence electrons. The molecule has 1 aliphatic heterocycles. The van der Waals surface area contributed by atoms with Gasteiger partial charge in [0.05, 0.1) is 36.5 Å². The van der Waals surface area contributed by atoms with Crippen molar-refractivity contribution in [3.05, 3.63) is 85.4 Å². The highest BCUT2D eigenvalue weighted by atomic mass is 32.1. The normalized spacial score (nSPS) is 15.6. The minimum atomic E-state index is -1.17. The van der Waals surface area contributed by atoms with E-state index in [1.165, 1.54) is 38.5 Å². The molecule has 4 rings (SSSR count). The largest absolute Gasteiger partial charge is 0.507 e. The van der Waals surface area contributed by atoms with Crippen LogP contribution in [0.5, 0.6) is 5.75 Å². The number of carbonyl (C=O) groups excluding carboxylic acids is 3. The highest BCUT2D eigenvalue weighted by Gasteiger charge is 2.48. The van der Waals surface area contributed by atoms with Crippen LogP contribution in [0.25, 0.3) is 5.76 Å². The molecule has 1 saturated heterocycles. The van der Waals surface area contributed by atoms with Crippen molar-refractivity contribution in [1.29, 1.82) is 0 Å². The van der Waals surface area contributed by atoms with Gasteiger partial charge in [0.25, 0.3) is 17.4 Å². The van der Waals surface area contributed by atoms with E-state index in [4.69, 9.17) is 19.4 Å². The van der Waals surface area contributed by atoms with Gasteiger partial charge in [-0.25, -0.2) is 9.78 Å². The molecule has 2 N–H and O–H groups in total. The third-order valence-corrected chi connectivity index (χ3v) is 7.03. The third kappa shape index (κ3) is 6.22. The smallest absolute Gasteiger partial charge is 0.350 e. The number of aliphatic carboxylic acids is 1. The Morgan fingerprint density at radius 2 is 1.68 bits per heavy atom. The maximum Gasteiger partial charge on any atom is 0.350 e. The Morgan fingerprint density at radius 3 is 2.20 bits per heavy atom. The fourth-order valence-electron chi connectivity index (χ4n) is 4.07. The molecule has 3 aromatic rings. The molecule has 1 aliphatic rings. The number of carboxylic acid groups (broad SMARTS) is 1. The molecule has 2 aromatic carbocycles. The first-order valence-corrected chi connectivity index (χ1v) is 12.6. The van der Waals surface area contributed by atoms with Crippen LogP contribution < -0.4 is 9.64 Å². The first-order chi connectivity index (χ1) is 19.3. The summed E-state index contributed by atoms with van der Waals surface area (Å²) in [5.41, 5.74) is 1.16. The number of nitro benzene ring substituents is 1. The number of methoxy groups -OCH3 is 2. The van der Waals surface area contributed by atoms with Crippen molar-refractivity contribution < 1.29 is 43.8 Å². The molecule has 1 atom stereocenters. The van der Waals surface area contributed by atoms with Crippen molar-refractivity contribution in [3.8, 4) is 5.75 Å². The number of nitrogens with zero attached hydrogens (tertiary/aromatic N) is 3. The number of ketones is 1. The molecule has 41 heavy (non-hydrogen) atoms. The molecule has 1 amide bonds. The Balaban J connectivity index is 0.00000108. The number of hydrogen-bond donors (Lipinski definition) is 2. The Labute approximate surface area is 237 Å². The summed E-state index contributed by atoms with van der Waals surface area (Å²) in [5, 5.41) is 29.9. The summed E-state index contributed by atoms with van der Waals surface area (Å²) < 4.78 is 10.0. The summed E-state index contributed by atoms with van der Waals surface area (Å²) >= 11 is 0.857. The van der Waals surface area contributed by atoms with Gasteiger partial charge in [0.15, 0.2) is 5.13 Å². The Hall–Kier alpha value is -5.11. The number of amides is 1. The lowest BCUT2D eigenvalue weighted by Crippen LogP contribution is -2.29. The predicted octanol–water partition coefficient (Wildman–Crippen LogP) is 4.18. The van der Waals surface area contributed by atoms with Crippen molar-refractivity contribution in [2.24, 2.45) is 0 Å². The number of thiazole rings is 1. The minimum absolute atomic E-state index is 0.0355. The molecule has 2 heterocycles. The topological polar surface area (TPSA) is 186 Å². The number of non-ortho nitro benzene ring substituents is 1. The van der Waals surface area contributed by atoms with E-state index in [1.807, 2.05) is 0 Å². The van der Waals surface area contributed by atoms with Crippen LogP contribution in [-0.4, -0.2) is 58.0 Å². The van der Waals surface area contributed by atoms with Crippen LogP contribution in [0.1, 0.15) is 45.0 Å². The zero-order chi connectivity index (χ0) is 30.6. The van der Waals surface area contributed by atoms with Crippen LogP contribution in [0.4, 0.5) is 10.8 Å². The molecular formula is C27H25N3O10S. The van der Waals surface area contributed by atoms with Crippen molar-refractivity contribution >= 4 is 51.5 Å². The van der Waals surface area contributed by atoms with Gasteiger partial charge in [0, 0.05) is 24.6 Å². The van der Waals surface area contributed by atoms with E-state index in [9.17, 15) is 29.6 Å². The van der Waals surface area contributed by atoms with Gasteiger partial charge in [0.1, 0.15) is 16.4 Å². The summed E-state index contributed by atoms with van der Waals surface area (Å²) in [6.07, 6.45) is 0. The standard InChI is InChI=1S/C25H21N3O8S.C2H4O2/c1-12-11-15(7-10-17(12)35-3)20(29)18-19(14-5-8-16(9-6-14)28(33)34)27(23(31)21(18)30)25-26-13(2)22(37-25)24(32)36-4;1-2(3)4/h5-11,19,29H,1-4H3;1H3,(H,3,4)/b20-18+;. The fraction of sp³-hybridized carbons (Fsp3) is 0.222. The second-order valence-corrected chi connectivity index (χ2v) is 9.60. The number of benzene rings is 2. The van der Waals surface area contributed by atoms with Gasteiger partial charge < -0.3 is 19.7 Å². The van der Waals surface area contributed by atoms with Crippen LogP contribution >= 0.6 is 11.3 Å². The lowest BCUT2D eigenvalue weighted by Gasteiger charge is -2.23. The molecule has 0 aliphatic carbocycles. The number of Topliss-reactive ketones (excluding diaryl/α,β-unsaturated/α-hetero) is 1. The SMILES string of the molecule is CC(=O)O.COC(=O)c1sc(N2C(=O)C(=O)/C(=C(/O)c3ccc(OC)c(C)c3)C2c2ccc([N+](=O)[O-])cc2)nc1C. The van der Waals surface area contributed by atoms with E-state index >= 15 is 0 Å². The molecular weight excluding hydrogens is 558 g/mol. The third-order valence-electron chi connectivity index (χ3n) is 5.89. The van der Waals surface area contributed by atoms with E-state index < -0.39 is 40.4 Å². The number of nitro groups is 1. The number of ether oxygens (including phenoxy) is 2. The maximum atomic E-state index is 13.3. The Morgan fingerprint density at radius 1 is 1.07 bits per heavy atom. The molecule has 0 radical (unpaired) electrons. The number of carbonyl (C=O) groups is 4. The van der Waals surface area contributed by atoms with Gasteiger partial charge in [-0.2, -0.15) is 0 Å². The van der Waals surface area contributed by atoms with Crippen LogP contribution in [0.3, 0.4) is 0 Å². The molecule has 13 nitrogen and oxygen atoms in total. The average molecular weight is 584 g/mol. The number of esters is 1. The molecule has 14 heteroatoms. The van der Waals surface area contributed by atoms with Crippen LogP contribution in [0.15, 0.2) is 48.0 Å². The maximum absolute atomic E-state index is 13.3. The molecule has 0 saturated carbocycles. The minimum Gasteiger partial charge on any atom is -0.507 e. The molecule has 0 bridgehead atoms. The average Bonchev–Trinajstić information content (AvgIpc) is 3.43. The first-order valence-electron chi connectivity index (χ1n) is 11.8. The quantitative estimate of drug-likeness (QED) is 0.106. The number of carboxylic acids is 1. The Kier molecular flexibility index (Phi) is 9.19. The van der Waals surface area contributed by atoms with Gasteiger partial charge >= 0.3 is 11.9 Å². The van der Waals surface area contributed by atoms with Gasteiger partial charge in [-0.05, 0) is 55.3 Å². The monoisotopic (exact) mass is 583 g/mol. The van der Waals surface area contributed by atoms with Crippen LogP contribution in [0, 0.1) is 24.0 Å². The fourth-order valence-corrected chi connectivity index (χ4v) is 5.08. The zero-order valence-electron chi connectivity index (χ0n) is 22.5.